The molecule has 1 aromatic rings. The predicted molar refractivity (Wildman–Crippen MR) is 75.3 cm³/mol. The van der Waals surface area contributed by atoms with E-state index in [1.807, 2.05) is 0 Å². The smallest absolute Gasteiger partial charge is 0.325 e. The minimum absolute atomic E-state index is 0.381. The third-order valence-corrected chi connectivity index (χ3v) is 3.91. The second-order valence-electron chi connectivity index (χ2n) is 5.13. The first kappa shape index (κ1) is 15.3. The molecule has 0 spiro atoms. The first-order valence-electron chi connectivity index (χ1n) is 6.87. The number of benzene rings is 1. The SMILES string of the molecule is COc1ccccc1C(C(=O)O)N1CCC(C(=O)O)CC1. The number of methoxy groups -OCH3 is 1. The quantitative estimate of drug-likeness (QED) is 0.857. The van der Waals surface area contributed by atoms with Gasteiger partial charge in [-0.1, -0.05) is 18.2 Å². The lowest BCUT2D eigenvalue weighted by molar-refractivity contribution is -0.146. The molecule has 0 radical (unpaired) electrons. The van der Waals surface area contributed by atoms with Crippen LogP contribution in [0.3, 0.4) is 0 Å². The standard InChI is InChI=1S/C15H19NO5/c1-21-12-5-3-2-4-11(12)13(15(19)20)16-8-6-10(7-9-16)14(17)18/h2-5,10,13H,6-9H2,1H3,(H,17,18)(H,19,20). The van der Waals surface area contributed by atoms with Crippen LogP contribution >= 0.6 is 0 Å². The van der Waals surface area contributed by atoms with E-state index in [0.29, 0.717) is 37.2 Å². The molecule has 1 aliphatic heterocycles. The van der Waals surface area contributed by atoms with Gasteiger partial charge >= 0.3 is 11.9 Å². The number of likely N-dealkylation sites (tertiary alicyclic amines) is 1. The van der Waals surface area contributed by atoms with Crippen molar-refractivity contribution < 1.29 is 24.5 Å². The highest BCUT2D eigenvalue weighted by molar-refractivity contribution is 5.77. The fourth-order valence-corrected chi connectivity index (χ4v) is 2.78. The number of nitrogens with zero attached hydrogens (tertiary/aromatic N) is 1. The van der Waals surface area contributed by atoms with Crippen LogP contribution in [-0.4, -0.2) is 47.3 Å². The Labute approximate surface area is 122 Å². The van der Waals surface area contributed by atoms with E-state index in [9.17, 15) is 14.7 Å². The van der Waals surface area contributed by atoms with Crippen molar-refractivity contribution >= 4 is 11.9 Å². The Hall–Kier alpha value is -2.08. The number of carbonyl (C=O) groups is 2. The van der Waals surface area contributed by atoms with Gasteiger partial charge in [-0.25, -0.2) is 0 Å². The molecule has 1 unspecified atom stereocenters. The maximum atomic E-state index is 11.7. The van der Waals surface area contributed by atoms with E-state index >= 15 is 0 Å². The first-order valence-corrected chi connectivity index (χ1v) is 6.87. The van der Waals surface area contributed by atoms with Crippen molar-refractivity contribution in [3.63, 3.8) is 0 Å². The zero-order chi connectivity index (χ0) is 15.4. The van der Waals surface area contributed by atoms with Crippen molar-refractivity contribution in [2.45, 2.75) is 18.9 Å². The van der Waals surface area contributed by atoms with Crippen molar-refractivity contribution in [1.29, 1.82) is 0 Å². The van der Waals surface area contributed by atoms with Crippen LogP contribution in [0.5, 0.6) is 5.75 Å². The maximum absolute atomic E-state index is 11.7. The largest absolute Gasteiger partial charge is 0.496 e. The molecule has 0 aliphatic carbocycles. The zero-order valence-corrected chi connectivity index (χ0v) is 11.9. The topological polar surface area (TPSA) is 87.1 Å². The molecule has 1 aromatic carbocycles. The summed E-state index contributed by atoms with van der Waals surface area (Å²) < 4.78 is 5.24. The summed E-state index contributed by atoms with van der Waals surface area (Å²) in [5.41, 5.74) is 0.598. The molecule has 21 heavy (non-hydrogen) atoms. The predicted octanol–water partition coefficient (Wildman–Crippen LogP) is 1.62. The van der Waals surface area contributed by atoms with Gasteiger partial charge in [-0.15, -0.1) is 0 Å². The normalized spacial score (nSPS) is 18.1. The number of hydrogen-bond donors (Lipinski definition) is 2. The highest BCUT2D eigenvalue weighted by Gasteiger charge is 2.34. The van der Waals surface area contributed by atoms with Crippen molar-refractivity contribution in [3.8, 4) is 5.75 Å². The summed E-state index contributed by atoms with van der Waals surface area (Å²) in [5.74, 6) is -1.61. The third-order valence-electron chi connectivity index (χ3n) is 3.91. The molecule has 0 amide bonds. The van der Waals surface area contributed by atoms with Crippen LogP contribution in [-0.2, 0) is 9.59 Å². The molecular weight excluding hydrogens is 274 g/mol. The summed E-state index contributed by atoms with van der Waals surface area (Å²) in [6.45, 7) is 0.901. The summed E-state index contributed by atoms with van der Waals surface area (Å²) in [6.07, 6.45) is 0.933. The molecule has 0 saturated carbocycles. The summed E-state index contributed by atoms with van der Waals surface area (Å²) >= 11 is 0. The Balaban J connectivity index is 2.21. The maximum Gasteiger partial charge on any atom is 0.325 e. The van der Waals surface area contributed by atoms with Crippen molar-refractivity contribution in [2.75, 3.05) is 20.2 Å². The molecule has 6 nitrogen and oxygen atoms in total. The number of carboxylic acids is 2. The van der Waals surface area contributed by atoms with Gasteiger partial charge in [0.1, 0.15) is 11.8 Å². The van der Waals surface area contributed by atoms with Gasteiger partial charge in [-0.3, -0.25) is 14.5 Å². The number of para-hydroxylation sites is 1. The van der Waals surface area contributed by atoms with Gasteiger partial charge in [0.05, 0.1) is 13.0 Å². The second kappa shape index (κ2) is 6.58. The van der Waals surface area contributed by atoms with E-state index < -0.39 is 18.0 Å². The number of piperidine rings is 1. The number of hydrogen-bond acceptors (Lipinski definition) is 4. The summed E-state index contributed by atoms with van der Waals surface area (Å²) in [6, 6.07) is 6.22. The Kier molecular flexibility index (Phi) is 4.80. The van der Waals surface area contributed by atoms with Crippen LogP contribution in [0.15, 0.2) is 24.3 Å². The third kappa shape index (κ3) is 3.33. The molecule has 114 valence electrons. The molecule has 1 saturated heterocycles. The van der Waals surface area contributed by atoms with Gasteiger partial charge < -0.3 is 14.9 Å². The number of rotatable bonds is 5. The summed E-state index contributed by atoms with van der Waals surface area (Å²) in [5, 5.41) is 18.6. The van der Waals surface area contributed by atoms with Crippen LogP contribution in [0.1, 0.15) is 24.4 Å². The molecule has 1 aliphatic rings. The Morgan fingerprint density at radius 3 is 2.38 bits per heavy atom. The zero-order valence-electron chi connectivity index (χ0n) is 11.9. The lowest BCUT2D eigenvalue weighted by Gasteiger charge is -2.34. The second-order valence-corrected chi connectivity index (χ2v) is 5.13. The van der Waals surface area contributed by atoms with E-state index in [2.05, 4.69) is 0 Å². The molecule has 2 N–H and O–H groups in total. The van der Waals surface area contributed by atoms with Gasteiger partial charge in [0, 0.05) is 18.7 Å². The minimum Gasteiger partial charge on any atom is -0.496 e. The van der Waals surface area contributed by atoms with Gasteiger partial charge in [-0.05, 0) is 18.9 Å². The molecule has 1 heterocycles. The Morgan fingerprint density at radius 1 is 1.24 bits per heavy atom. The van der Waals surface area contributed by atoms with E-state index in [0.717, 1.165) is 0 Å². The summed E-state index contributed by atoms with van der Waals surface area (Å²) in [7, 11) is 1.51. The van der Waals surface area contributed by atoms with Crippen molar-refractivity contribution in [3.05, 3.63) is 29.8 Å². The van der Waals surface area contributed by atoms with Gasteiger partial charge in [0.25, 0.3) is 0 Å². The first-order chi connectivity index (χ1) is 10.0. The lowest BCUT2D eigenvalue weighted by Crippen LogP contribution is -2.41. The highest BCUT2D eigenvalue weighted by atomic mass is 16.5. The molecule has 6 heteroatoms. The van der Waals surface area contributed by atoms with E-state index in [-0.39, 0.29) is 5.92 Å². The number of aliphatic carboxylic acids is 2. The monoisotopic (exact) mass is 293 g/mol. The van der Waals surface area contributed by atoms with Crippen LogP contribution in [0, 0.1) is 5.92 Å². The van der Waals surface area contributed by atoms with E-state index in [1.54, 1.807) is 29.2 Å². The molecule has 1 atom stereocenters. The highest BCUT2D eigenvalue weighted by Crippen LogP contribution is 2.32. The van der Waals surface area contributed by atoms with E-state index in [1.165, 1.54) is 7.11 Å². The lowest BCUT2D eigenvalue weighted by atomic mass is 9.94. The molecule has 0 aromatic heterocycles. The fraction of sp³-hybridized carbons (Fsp3) is 0.467. The van der Waals surface area contributed by atoms with Gasteiger partial charge in [0.2, 0.25) is 0 Å². The molecular formula is C15H19NO5. The van der Waals surface area contributed by atoms with Gasteiger partial charge in [0.15, 0.2) is 0 Å². The minimum atomic E-state index is -0.951. The Bertz CT molecular complexity index is 523. The molecule has 1 fully saturated rings. The van der Waals surface area contributed by atoms with Crippen molar-refractivity contribution in [2.24, 2.45) is 5.92 Å². The fourth-order valence-electron chi connectivity index (χ4n) is 2.78. The van der Waals surface area contributed by atoms with Gasteiger partial charge in [-0.2, -0.15) is 0 Å². The Morgan fingerprint density at radius 2 is 1.86 bits per heavy atom. The summed E-state index contributed by atoms with van der Waals surface area (Å²) in [4.78, 5) is 24.5. The average Bonchev–Trinajstić information content (AvgIpc) is 2.48. The van der Waals surface area contributed by atoms with Crippen LogP contribution in [0.2, 0.25) is 0 Å². The van der Waals surface area contributed by atoms with Crippen molar-refractivity contribution in [1.82, 2.24) is 4.90 Å². The molecule has 2 rings (SSSR count). The average molecular weight is 293 g/mol. The van der Waals surface area contributed by atoms with Crippen LogP contribution < -0.4 is 4.74 Å². The molecule has 0 bridgehead atoms. The number of carboxylic acid groups (broad SMARTS) is 2. The number of ether oxygens (including phenoxy) is 1. The van der Waals surface area contributed by atoms with Crippen LogP contribution in [0.4, 0.5) is 0 Å². The van der Waals surface area contributed by atoms with Crippen LogP contribution in [0.25, 0.3) is 0 Å². The van der Waals surface area contributed by atoms with E-state index in [4.69, 9.17) is 9.84 Å².